The number of unbranched alkanes of at least 4 members (excludes halogenated alkanes) is 27. The summed E-state index contributed by atoms with van der Waals surface area (Å²) in [4.78, 5) is 33.1. The van der Waals surface area contributed by atoms with Gasteiger partial charge < -0.3 is 24.6 Å². The van der Waals surface area contributed by atoms with Gasteiger partial charge in [0.25, 0.3) is 0 Å². The average Bonchev–Trinajstić information content (AvgIpc) is 3.09. The molecule has 0 aromatic rings. The van der Waals surface area contributed by atoms with E-state index in [0.29, 0.717) is 6.42 Å². The Hall–Kier alpha value is -1.03. The third kappa shape index (κ3) is 36.8. The van der Waals surface area contributed by atoms with Crippen molar-refractivity contribution in [2.24, 2.45) is 0 Å². The summed E-state index contributed by atoms with van der Waals surface area (Å²) in [6.07, 6.45) is 35.2. The molecule has 0 aliphatic rings. The zero-order chi connectivity index (χ0) is 37.0. The Labute approximate surface area is 305 Å². The van der Waals surface area contributed by atoms with Crippen LogP contribution in [0.2, 0.25) is 0 Å². The number of aliphatic hydroxyl groups is 2. The van der Waals surface area contributed by atoms with E-state index in [2.05, 4.69) is 11.4 Å². The van der Waals surface area contributed by atoms with Gasteiger partial charge in [0.2, 0.25) is 0 Å². The average molecular weight is 737 g/mol. The van der Waals surface area contributed by atoms with Crippen LogP contribution in [0.5, 0.6) is 0 Å². The van der Waals surface area contributed by atoms with Crippen LogP contribution in [-0.4, -0.2) is 65.7 Å². The van der Waals surface area contributed by atoms with E-state index in [-0.39, 0.29) is 13.0 Å². The number of hydrogen-bond donors (Lipinski definition) is 3. The molecule has 0 aromatic heterocycles. The largest absolute Gasteiger partial charge is 0.472 e. The SMILES string of the molecule is CCCCCCCCCCCCCCCCCCCCCCCCCCCCCCC(=O)OC[C@H](COP(=O)(O)OC[C@@H](O)CO)OC(C)=O. The van der Waals surface area contributed by atoms with E-state index in [1.54, 1.807) is 0 Å². The van der Waals surface area contributed by atoms with Crippen LogP contribution in [0.3, 0.4) is 0 Å². The van der Waals surface area contributed by atoms with Gasteiger partial charge in [-0.25, -0.2) is 4.57 Å². The monoisotopic (exact) mass is 737 g/mol. The molecule has 0 bridgehead atoms. The minimum absolute atomic E-state index is 0.244. The molecule has 298 valence electrons. The molecule has 11 heteroatoms. The summed E-state index contributed by atoms with van der Waals surface area (Å²) in [7, 11) is -4.56. The first-order chi connectivity index (χ1) is 24.2. The Morgan fingerprint density at radius 2 is 0.900 bits per heavy atom. The summed E-state index contributed by atoms with van der Waals surface area (Å²) >= 11 is 0. The van der Waals surface area contributed by atoms with E-state index in [9.17, 15) is 24.2 Å². The van der Waals surface area contributed by atoms with Crippen molar-refractivity contribution in [2.75, 3.05) is 26.4 Å². The van der Waals surface area contributed by atoms with Gasteiger partial charge in [-0.05, 0) is 6.42 Å². The second-order valence-electron chi connectivity index (χ2n) is 14.1. The Morgan fingerprint density at radius 3 is 1.24 bits per heavy atom. The molecule has 10 nitrogen and oxygen atoms in total. The predicted molar refractivity (Wildman–Crippen MR) is 201 cm³/mol. The molecule has 0 rings (SSSR count). The summed E-state index contributed by atoms with van der Waals surface area (Å²) in [5.74, 6) is -1.11. The van der Waals surface area contributed by atoms with Gasteiger partial charge in [0.15, 0.2) is 6.10 Å². The molecule has 3 N–H and O–H groups in total. The summed E-state index contributed by atoms with van der Waals surface area (Å²) in [6.45, 7) is 1.31. The number of phosphoric ester groups is 1. The second kappa shape index (κ2) is 36.3. The van der Waals surface area contributed by atoms with E-state index < -0.39 is 51.8 Å². The maximum absolute atomic E-state index is 12.1. The highest BCUT2D eigenvalue weighted by Gasteiger charge is 2.26. The van der Waals surface area contributed by atoms with Crippen molar-refractivity contribution in [1.82, 2.24) is 0 Å². The van der Waals surface area contributed by atoms with Gasteiger partial charge in [-0.2, -0.15) is 0 Å². The first-order valence-corrected chi connectivity index (χ1v) is 21.9. The molecule has 0 aromatic carbocycles. The minimum atomic E-state index is -4.56. The Balaban J connectivity index is 3.51. The first kappa shape index (κ1) is 49.0. The van der Waals surface area contributed by atoms with Crippen molar-refractivity contribution in [1.29, 1.82) is 0 Å². The standard InChI is InChI=1S/C39H77O10P/c1-3-4-5-6-7-8-9-10-11-12-13-14-15-16-17-18-19-20-21-22-23-24-25-26-27-28-29-30-31-39(43)46-34-38(49-36(2)41)35-48-50(44,45)47-33-37(42)32-40/h37-38,40,42H,3-35H2,1-2H3,(H,44,45)/t37-,38+/m0/s1. The van der Waals surface area contributed by atoms with Crippen LogP contribution in [0, 0.1) is 0 Å². The van der Waals surface area contributed by atoms with E-state index in [1.807, 2.05) is 0 Å². The van der Waals surface area contributed by atoms with Crippen LogP contribution in [0.1, 0.15) is 200 Å². The van der Waals surface area contributed by atoms with Crippen molar-refractivity contribution in [3.8, 4) is 0 Å². The zero-order valence-corrected chi connectivity index (χ0v) is 33.0. The third-order valence-corrected chi connectivity index (χ3v) is 10.0. The van der Waals surface area contributed by atoms with E-state index >= 15 is 0 Å². The molecule has 0 radical (unpaired) electrons. The van der Waals surface area contributed by atoms with Gasteiger partial charge in [-0.3, -0.25) is 18.6 Å². The number of carbonyl (C=O) groups is 2. The summed E-state index contributed by atoms with van der Waals surface area (Å²) in [6, 6.07) is 0. The number of carbonyl (C=O) groups excluding carboxylic acids is 2. The van der Waals surface area contributed by atoms with Gasteiger partial charge in [-0.1, -0.05) is 180 Å². The van der Waals surface area contributed by atoms with E-state index in [4.69, 9.17) is 19.1 Å². The van der Waals surface area contributed by atoms with Crippen molar-refractivity contribution >= 4 is 19.8 Å². The Kier molecular flexibility index (Phi) is 35.6. The van der Waals surface area contributed by atoms with Crippen LogP contribution in [0.25, 0.3) is 0 Å². The van der Waals surface area contributed by atoms with Crippen molar-refractivity contribution in [3.05, 3.63) is 0 Å². The summed E-state index contributed by atoms with van der Waals surface area (Å²) in [5, 5.41) is 18.0. The molecule has 3 atom stereocenters. The highest BCUT2D eigenvalue weighted by atomic mass is 31.2. The maximum atomic E-state index is 12.1. The normalized spacial score (nSPS) is 13.9. The highest BCUT2D eigenvalue weighted by molar-refractivity contribution is 7.47. The molecule has 0 heterocycles. The van der Waals surface area contributed by atoms with Crippen LogP contribution in [0.4, 0.5) is 0 Å². The van der Waals surface area contributed by atoms with Crippen molar-refractivity contribution < 1.29 is 47.8 Å². The predicted octanol–water partition coefficient (Wildman–Crippen LogP) is 10.3. The topological polar surface area (TPSA) is 149 Å². The number of ether oxygens (including phenoxy) is 2. The van der Waals surface area contributed by atoms with Crippen molar-refractivity contribution in [3.63, 3.8) is 0 Å². The molecular formula is C39H77O10P. The lowest BCUT2D eigenvalue weighted by Crippen LogP contribution is -2.29. The van der Waals surface area contributed by atoms with Crippen LogP contribution in [-0.2, 0) is 32.7 Å². The fourth-order valence-corrected chi connectivity index (χ4v) is 6.78. The maximum Gasteiger partial charge on any atom is 0.472 e. The Bertz CT molecular complexity index is 812. The van der Waals surface area contributed by atoms with E-state index in [0.717, 1.165) is 19.8 Å². The van der Waals surface area contributed by atoms with Gasteiger partial charge in [0.05, 0.1) is 19.8 Å². The lowest BCUT2D eigenvalue weighted by atomic mass is 10.0. The lowest BCUT2D eigenvalue weighted by Gasteiger charge is -2.19. The number of phosphoric acid groups is 1. The van der Waals surface area contributed by atoms with Gasteiger partial charge in [-0.15, -0.1) is 0 Å². The summed E-state index contributed by atoms with van der Waals surface area (Å²) < 4.78 is 31.4. The second-order valence-corrected chi connectivity index (χ2v) is 15.6. The number of rotatable bonds is 39. The fourth-order valence-electron chi connectivity index (χ4n) is 6.00. The van der Waals surface area contributed by atoms with Gasteiger partial charge >= 0.3 is 19.8 Å². The molecule has 1 unspecified atom stereocenters. The minimum Gasteiger partial charge on any atom is -0.462 e. The van der Waals surface area contributed by atoms with Crippen LogP contribution >= 0.6 is 7.82 Å². The summed E-state index contributed by atoms with van der Waals surface area (Å²) in [5.41, 5.74) is 0. The molecule has 0 saturated carbocycles. The number of aliphatic hydroxyl groups excluding tert-OH is 2. The molecule has 0 spiro atoms. The van der Waals surface area contributed by atoms with Crippen molar-refractivity contribution in [2.45, 2.75) is 212 Å². The number of esters is 2. The highest BCUT2D eigenvalue weighted by Crippen LogP contribution is 2.43. The Morgan fingerprint density at radius 1 is 0.560 bits per heavy atom. The van der Waals surface area contributed by atoms with Gasteiger partial charge in [0, 0.05) is 13.3 Å². The number of hydrogen-bond acceptors (Lipinski definition) is 9. The van der Waals surface area contributed by atoms with Crippen LogP contribution < -0.4 is 0 Å². The quantitative estimate of drug-likeness (QED) is 0.0316. The molecule has 0 amide bonds. The van der Waals surface area contributed by atoms with E-state index in [1.165, 1.54) is 161 Å². The zero-order valence-electron chi connectivity index (χ0n) is 32.1. The lowest BCUT2D eigenvalue weighted by molar-refractivity contribution is -0.159. The van der Waals surface area contributed by atoms with Gasteiger partial charge in [0.1, 0.15) is 12.7 Å². The molecule has 50 heavy (non-hydrogen) atoms. The van der Waals surface area contributed by atoms with Crippen LogP contribution in [0.15, 0.2) is 0 Å². The third-order valence-electron chi connectivity index (χ3n) is 9.06. The molecular weight excluding hydrogens is 659 g/mol. The fraction of sp³-hybridized carbons (Fsp3) is 0.949. The molecule has 0 aliphatic heterocycles. The molecule has 0 aliphatic carbocycles. The smallest absolute Gasteiger partial charge is 0.462 e. The molecule has 0 saturated heterocycles. The molecule has 0 fully saturated rings. The first-order valence-electron chi connectivity index (χ1n) is 20.4.